The van der Waals surface area contributed by atoms with E-state index in [9.17, 15) is 0 Å². The molecule has 0 aromatic carbocycles. The molecule has 1 N–H and O–H groups in total. The fourth-order valence-electron chi connectivity index (χ4n) is 2.71. The van der Waals surface area contributed by atoms with Crippen LogP contribution < -0.4 is 10.2 Å². The monoisotopic (exact) mass is 292 g/mol. The molecule has 3 heterocycles. The minimum absolute atomic E-state index is 0.121. The van der Waals surface area contributed by atoms with Gasteiger partial charge in [-0.05, 0) is 33.1 Å². The molecule has 20 heavy (non-hydrogen) atoms. The zero-order valence-electron chi connectivity index (χ0n) is 12.8. The van der Waals surface area contributed by atoms with Crippen molar-refractivity contribution < 1.29 is 0 Å². The number of imidazole rings is 1. The van der Waals surface area contributed by atoms with E-state index in [1.807, 2.05) is 0 Å². The molecular weight excluding hydrogens is 268 g/mol. The quantitative estimate of drug-likeness (QED) is 0.943. The molecule has 4 nitrogen and oxygen atoms in total. The second kappa shape index (κ2) is 5.04. The van der Waals surface area contributed by atoms with Crippen molar-refractivity contribution in [3.63, 3.8) is 0 Å². The van der Waals surface area contributed by atoms with Gasteiger partial charge in [-0.15, -0.1) is 11.3 Å². The predicted octanol–water partition coefficient (Wildman–Crippen LogP) is 3.13. The fraction of sp³-hybridized carbons (Fsp3) is 0.667. The third-order valence-corrected chi connectivity index (χ3v) is 4.61. The number of thiazole rings is 1. The molecule has 0 bridgehead atoms. The number of nitrogens with zero attached hydrogens (tertiary/aromatic N) is 3. The number of anilines is 1. The lowest BCUT2D eigenvalue weighted by atomic mass is 10.1. The highest BCUT2D eigenvalue weighted by atomic mass is 32.1. The van der Waals surface area contributed by atoms with E-state index in [-0.39, 0.29) is 5.54 Å². The van der Waals surface area contributed by atoms with Crippen LogP contribution in [0.2, 0.25) is 0 Å². The zero-order chi connectivity index (χ0) is 14.3. The van der Waals surface area contributed by atoms with Gasteiger partial charge in [0.25, 0.3) is 0 Å². The van der Waals surface area contributed by atoms with E-state index < -0.39 is 0 Å². The first kappa shape index (κ1) is 13.9. The van der Waals surface area contributed by atoms with Crippen LogP contribution in [0.5, 0.6) is 0 Å². The first-order chi connectivity index (χ1) is 9.44. The summed E-state index contributed by atoms with van der Waals surface area (Å²) in [6.07, 6.45) is 3.41. The molecule has 110 valence electrons. The summed E-state index contributed by atoms with van der Waals surface area (Å²) in [5, 5.41) is 5.71. The summed E-state index contributed by atoms with van der Waals surface area (Å²) in [5.74, 6) is 1.95. The standard InChI is InChI=1S/C15H24N4S/c1-11-5-6-18(10-11)13-12(9-16-15(2,3)4)19-7-8-20-14(19)17-13/h7-8,11,16H,5-6,9-10H2,1-4H3. The van der Waals surface area contributed by atoms with Crippen molar-refractivity contribution in [2.24, 2.45) is 5.92 Å². The average Bonchev–Trinajstić information content (AvgIpc) is 2.99. The number of rotatable bonds is 3. The van der Waals surface area contributed by atoms with Gasteiger partial charge in [-0.2, -0.15) is 0 Å². The first-order valence-corrected chi connectivity index (χ1v) is 8.26. The molecule has 5 heteroatoms. The Bertz CT molecular complexity index is 593. The van der Waals surface area contributed by atoms with Crippen molar-refractivity contribution in [3.05, 3.63) is 17.3 Å². The Morgan fingerprint density at radius 3 is 2.90 bits per heavy atom. The molecule has 3 rings (SSSR count). The molecular formula is C15H24N4S. The Morgan fingerprint density at radius 1 is 1.45 bits per heavy atom. The molecule has 1 fully saturated rings. The van der Waals surface area contributed by atoms with Crippen LogP contribution >= 0.6 is 11.3 Å². The molecule has 0 saturated carbocycles. The van der Waals surface area contributed by atoms with Crippen LogP contribution in [-0.2, 0) is 6.54 Å². The summed E-state index contributed by atoms with van der Waals surface area (Å²) in [4.78, 5) is 8.41. The van der Waals surface area contributed by atoms with Crippen LogP contribution in [-0.4, -0.2) is 28.0 Å². The van der Waals surface area contributed by atoms with E-state index in [4.69, 9.17) is 4.98 Å². The summed E-state index contributed by atoms with van der Waals surface area (Å²) in [7, 11) is 0. The molecule has 1 atom stereocenters. The van der Waals surface area contributed by atoms with Gasteiger partial charge in [-0.3, -0.25) is 4.40 Å². The van der Waals surface area contributed by atoms with Gasteiger partial charge in [0.15, 0.2) is 10.8 Å². The minimum atomic E-state index is 0.121. The Labute approximate surface area is 124 Å². The Kier molecular flexibility index (Phi) is 3.50. The van der Waals surface area contributed by atoms with Gasteiger partial charge in [0.05, 0.1) is 5.69 Å². The molecule has 2 aromatic heterocycles. The minimum Gasteiger partial charge on any atom is -0.355 e. The van der Waals surface area contributed by atoms with Crippen molar-refractivity contribution in [2.75, 3.05) is 18.0 Å². The third-order valence-electron chi connectivity index (χ3n) is 3.85. The predicted molar refractivity (Wildman–Crippen MR) is 85.7 cm³/mol. The lowest BCUT2D eigenvalue weighted by molar-refractivity contribution is 0.420. The van der Waals surface area contributed by atoms with Gasteiger partial charge in [-0.25, -0.2) is 4.98 Å². The second-order valence-corrected chi connectivity index (χ2v) is 7.75. The van der Waals surface area contributed by atoms with Gasteiger partial charge in [0, 0.05) is 36.8 Å². The maximum Gasteiger partial charge on any atom is 0.195 e. The van der Waals surface area contributed by atoms with Crippen molar-refractivity contribution in [1.29, 1.82) is 0 Å². The molecule has 1 saturated heterocycles. The van der Waals surface area contributed by atoms with Crippen LogP contribution in [0.4, 0.5) is 5.82 Å². The van der Waals surface area contributed by atoms with Gasteiger partial charge in [0.2, 0.25) is 0 Å². The largest absolute Gasteiger partial charge is 0.355 e. The van der Waals surface area contributed by atoms with E-state index in [0.717, 1.165) is 30.5 Å². The van der Waals surface area contributed by atoms with E-state index in [1.54, 1.807) is 11.3 Å². The van der Waals surface area contributed by atoms with Gasteiger partial charge < -0.3 is 10.2 Å². The highest BCUT2D eigenvalue weighted by Gasteiger charge is 2.25. The van der Waals surface area contributed by atoms with Crippen molar-refractivity contribution in [1.82, 2.24) is 14.7 Å². The molecule has 2 aromatic rings. The van der Waals surface area contributed by atoms with Crippen LogP contribution in [0.3, 0.4) is 0 Å². The average molecular weight is 292 g/mol. The van der Waals surface area contributed by atoms with Crippen molar-refractivity contribution in [3.8, 4) is 0 Å². The Hall–Kier alpha value is -1.07. The van der Waals surface area contributed by atoms with Crippen molar-refractivity contribution in [2.45, 2.75) is 46.2 Å². The van der Waals surface area contributed by atoms with Gasteiger partial charge in [0.1, 0.15) is 0 Å². The molecule has 0 aliphatic carbocycles. The molecule has 0 amide bonds. The summed E-state index contributed by atoms with van der Waals surface area (Å²) in [6, 6.07) is 0. The topological polar surface area (TPSA) is 32.6 Å². The van der Waals surface area contributed by atoms with E-state index in [0.29, 0.717) is 0 Å². The second-order valence-electron chi connectivity index (χ2n) is 6.88. The molecule has 1 unspecified atom stereocenters. The number of aromatic nitrogens is 2. The zero-order valence-corrected chi connectivity index (χ0v) is 13.6. The Morgan fingerprint density at radius 2 is 2.25 bits per heavy atom. The number of nitrogens with one attached hydrogen (secondary N) is 1. The maximum absolute atomic E-state index is 4.86. The molecule has 1 aliphatic heterocycles. The summed E-state index contributed by atoms with van der Waals surface area (Å²) >= 11 is 1.71. The van der Waals surface area contributed by atoms with Crippen molar-refractivity contribution >= 4 is 22.1 Å². The lowest BCUT2D eigenvalue weighted by Crippen LogP contribution is -2.36. The molecule has 0 radical (unpaired) electrons. The van der Waals surface area contributed by atoms with Crippen LogP contribution in [0.25, 0.3) is 4.96 Å². The van der Waals surface area contributed by atoms with Crippen LogP contribution in [0.15, 0.2) is 11.6 Å². The summed E-state index contributed by atoms with van der Waals surface area (Å²) in [5.41, 5.74) is 1.42. The van der Waals surface area contributed by atoms with Crippen LogP contribution in [0.1, 0.15) is 39.8 Å². The first-order valence-electron chi connectivity index (χ1n) is 7.38. The van der Waals surface area contributed by atoms with Gasteiger partial charge >= 0.3 is 0 Å². The SMILES string of the molecule is CC1CCN(c2nc3sccn3c2CNC(C)(C)C)C1. The molecule has 0 spiro atoms. The highest BCUT2D eigenvalue weighted by molar-refractivity contribution is 7.15. The highest BCUT2D eigenvalue weighted by Crippen LogP contribution is 2.29. The Balaban J connectivity index is 1.92. The number of hydrogen-bond acceptors (Lipinski definition) is 4. The van der Waals surface area contributed by atoms with E-state index in [1.165, 1.54) is 17.9 Å². The van der Waals surface area contributed by atoms with Crippen LogP contribution in [0, 0.1) is 5.92 Å². The number of fused-ring (bicyclic) bond motifs is 1. The maximum atomic E-state index is 4.86. The summed E-state index contributed by atoms with van der Waals surface area (Å²) in [6.45, 7) is 12.1. The normalized spacial score (nSPS) is 20.2. The van der Waals surface area contributed by atoms with Gasteiger partial charge in [-0.1, -0.05) is 6.92 Å². The fourth-order valence-corrected chi connectivity index (χ4v) is 3.44. The lowest BCUT2D eigenvalue weighted by Gasteiger charge is -2.22. The third kappa shape index (κ3) is 2.69. The summed E-state index contributed by atoms with van der Waals surface area (Å²) < 4.78 is 2.24. The smallest absolute Gasteiger partial charge is 0.195 e. The van der Waals surface area contributed by atoms with E-state index >= 15 is 0 Å². The number of hydrogen-bond donors (Lipinski definition) is 1. The van der Waals surface area contributed by atoms with E-state index in [2.05, 4.69) is 53.9 Å². The molecule has 1 aliphatic rings.